The third kappa shape index (κ3) is 1.02. The van der Waals surface area contributed by atoms with E-state index in [0.29, 0.717) is 6.10 Å². The van der Waals surface area contributed by atoms with Crippen LogP contribution in [0.4, 0.5) is 0 Å². The molecule has 3 rings (SSSR count). The molecule has 0 amide bonds. The fourth-order valence-electron chi connectivity index (χ4n) is 2.42. The number of hydrogen-bond acceptors (Lipinski definition) is 2. The van der Waals surface area contributed by atoms with Gasteiger partial charge in [0.05, 0.1) is 11.8 Å². The highest BCUT2D eigenvalue weighted by Gasteiger charge is 2.59. The third-order valence-electron chi connectivity index (χ3n) is 3.18. The van der Waals surface area contributed by atoms with Gasteiger partial charge in [-0.1, -0.05) is 12.5 Å². The number of nitrogens with zero attached hydrogens (tertiary/aromatic N) is 1. The van der Waals surface area contributed by atoms with E-state index in [1.807, 2.05) is 18.3 Å². The second-order valence-electron chi connectivity index (χ2n) is 3.96. The van der Waals surface area contributed by atoms with Crippen molar-refractivity contribution in [3.63, 3.8) is 0 Å². The zero-order chi connectivity index (χ0) is 8.73. The Morgan fingerprint density at radius 2 is 2.38 bits per heavy atom. The third-order valence-corrected chi connectivity index (χ3v) is 3.18. The van der Waals surface area contributed by atoms with Gasteiger partial charge in [0.1, 0.15) is 5.60 Å². The van der Waals surface area contributed by atoms with Crippen LogP contribution in [0.3, 0.4) is 0 Å². The molecule has 2 nitrogen and oxygen atoms in total. The minimum absolute atomic E-state index is 0.0273. The first-order valence-corrected chi connectivity index (χ1v) is 5.01. The largest absolute Gasteiger partial charge is 0.359 e. The fourth-order valence-corrected chi connectivity index (χ4v) is 2.42. The summed E-state index contributed by atoms with van der Waals surface area (Å²) >= 11 is 0. The van der Waals surface area contributed by atoms with E-state index in [2.05, 4.69) is 11.1 Å². The van der Waals surface area contributed by atoms with Gasteiger partial charge in [0, 0.05) is 6.20 Å². The van der Waals surface area contributed by atoms with Crippen LogP contribution in [0.1, 0.15) is 31.4 Å². The molecular formula is C11H13NO. The highest BCUT2D eigenvalue weighted by atomic mass is 16.6. The van der Waals surface area contributed by atoms with Crippen LogP contribution in [0.2, 0.25) is 0 Å². The first kappa shape index (κ1) is 7.51. The van der Waals surface area contributed by atoms with Crippen LogP contribution in [0.15, 0.2) is 24.4 Å². The molecule has 0 bridgehead atoms. The molecule has 2 aliphatic rings. The molecule has 0 spiro atoms. The lowest BCUT2D eigenvalue weighted by atomic mass is 9.86. The van der Waals surface area contributed by atoms with Crippen molar-refractivity contribution in [3.8, 4) is 0 Å². The Kier molecular flexibility index (Phi) is 1.47. The van der Waals surface area contributed by atoms with Gasteiger partial charge in [0.25, 0.3) is 0 Å². The van der Waals surface area contributed by atoms with Crippen LogP contribution in [0.5, 0.6) is 0 Å². The molecule has 68 valence electrons. The fraction of sp³-hybridized carbons (Fsp3) is 0.545. The van der Waals surface area contributed by atoms with E-state index in [4.69, 9.17) is 4.74 Å². The van der Waals surface area contributed by atoms with Gasteiger partial charge in [0.2, 0.25) is 0 Å². The van der Waals surface area contributed by atoms with Crippen LogP contribution in [-0.4, -0.2) is 11.1 Å². The van der Waals surface area contributed by atoms with Gasteiger partial charge in [-0.15, -0.1) is 0 Å². The Labute approximate surface area is 77.9 Å². The molecule has 1 aromatic heterocycles. The minimum atomic E-state index is 0.0273. The first-order valence-electron chi connectivity index (χ1n) is 5.01. The molecule has 1 aliphatic carbocycles. The van der Waals surface area contributed by atoms with Crippen molar-refractivity contribution >= 4 is 0 Å². The summed E-state index contributed by atoms with van der Waals surface area (Å²) in [6, 6.07) is 6.09. The summed E-state index contributed by atoms with van der Waals surface area (Å²) in [7, 11) is 0. The van der Waals surface area contributed by atoms with Crippen LogP contribution in [-0.2, 0) is 10.3 Å². The Balaban J connectivity index is 1.94. The predicted molar refractivity (Wildman–Crippen MR) is 49.3 cm³/mol. The number of aromatic nitrogens is 1. The van der Waals surface area contributed by atoms with Gasteiger partial charge in [-0.3, -0.25) is 4.98 Å². The van der Waals surface area contributed by atoms with E-state index in [1.54, 1.807) is 0 Å². The summed E-state index contributed by atoms with van der Waals surface area (Å²) < 4.78 is 5.79. The lowest BCUT2D eigenvalue weighted by Gasteiger charge is -2.15. The Bertz CT molecular complexity index is 311. The standard InChI is InChI=1S/C11H13NO/c1-3-7-11(10(6-1)13-11)9-5-2-4-8-12-9/h2,4-5,8,10H,1,3,6-7H2/t10-,11+/m0/s1. The molecule has 0 aromatic carbocycles. The summed E-state index contributed by atoms with van der Waals surface area (Å²) in [4.78, 5) is 4.39. The lowest BCUT2D eigenvalue weighted by Crippen LogP contribution is -2.18. The molecular weight excluding hydrogens is 162 g/mol. The van der Waals surface area contributed by atoms with Gasteiger partial charge in [-0.25, -0.2) is 0 Å². The number of ether oxygens (including phenoxy) is 1. The summed E-state index contributed by atoms with van der Waals surface area (Å²) in [5.41, 5.74) is 1.17. The number of hydrogen-bond donors (Lipinski definition) is 0. The summed E-state index contributed by atoms with van der Waals surface area (Å²) in [5.74, 6) is 0. The molecule has 2 heterocycles. The minimum Gasteiger partial charge on any atom is -0.359 e. The van der Waals surface area contributed by atoms with E-state index < -0.39 is 0 Å². The van der Waals surface area contributed by atoms with Crippen LogP contribution >= 0.6 is 0 Å². The molecule has 1 saturated carbocycles. The number of fused-ring (bicyclic) bond motifs is 1. The lowest BCUT2D eigenvalue weighted by molar-refractivity contribution is 0.284. The van der Waals surface area contributed by atoms with Crippen LogP contribution in [0, 0.1) is 0 Å². The molecule has 0 radical (unpaired) electrons. The number of rotatable bonds is 1. The molecule has 2 fully saturated rings. The second kappa shape index (κ2) is 2.55. The summed E-state index contributed by atoms with van der Waals surface area (Å²) in [5, 5.41) is 0. The van der Waals surface area contributed by atoms with Crippen molar-refractivity contribution in [2.75, 3.05) is 0 Å². The maximum absolute atomic E-state index is 5.79. The monoisotopic (exact) mass is 175 g/mol. The van der Waals surface area contributed by atoms with Crippen molar-refractivity contribution in [2.45, 2.75) is 37.4 Å². The molecule has 2 atom stereocenters. The predicted octanol–water partition coefficient (Wildman–Crippen LogP) is 2.25. The van der Waals surface area contributed by atoms with Crippen molar-refractivity contribution in [3.05, 3.63) is 30.1 Å². The molecule has 0 unspecified atom stereocenters. The van der Waals surface area contributed by atoms with Gasteiger partial charge >= 0.3 is 0 Å². The van der Waals surface area contributed by atoms with Crippen LogP contribution in [0.25, 0.3) is 0 Å². The molecule has 2 heteroatoms. The SMILES string of the molecule is c1ccc([C@]23CCCC[C@@H]2O3)nc1. The van der Waals surface area contributed by atoms with E-state index in [-0.39, 0.29) is 5.60 Å². The van der Waals surface area contributed by atoms with Crippen molar-refractivity contribution in [1.82, 2.24) is 4.98 Å². The van der Waals surface area contributed by atoms with E-state index >= 15 is 0 Å². The van der Waals surface area contributed by atoms with E-state index in [1.165, 1.54) is 19.3 Å². The highest BCUT2D eigenvalue weighted by molar-refractivity contribution is 5.23. The normalized spacial score (nSPS) is 36.8. The van der Waals surface area contributed by atoms with Crippen molar-refractivity contribution in [1.29, 1.82) is 0 Å². The quantitative estimate of drug-likeness (QED) is 0.612. The van der Waals surface area contributed by atoms with E-state index in [9.17, 15) is 0 Å². The van der Waals surface area contributed by atoms with Gasteiger partial charge in [0.15, 0.2) is 0 Å². The van der Waals surface area contributed by atoms with Crippen LogP contribution < -0.4 is 0 Å². The smallest absolute Gasteiger partial charge is 0.136 e. The van der Waals surface area contributed by atoms with Crippen molar-refractivity contribution in [2.24, 2.45) is 0 Å². The van der Waals surface area contributed by atoms with Gasteiger partial charge in [-0.2, -0.15) is 0 Å². The maximum atomic E-state index is 5.79. The molecule has 1 saturated heterocycles. The van der Waals surface area contributed by atoms with Gasteiger partial charge < -0.3 is 4.74 Å². The number of epoxide rings is 1. The zero-order valence-corrected chi connectivity index (χ0v) is 7.57. The Hall–Kier alpha value is -0.890. The average molecular weight is 175 g/mol. The average Bonchev–Trinajstić information content (AvgIpc) is 2.94. The molecule has 0 N–H and O–H groups in total. The molecule has 1 aliphatic heterocycles. The Morgan fingerprint density at radius 3 is 3.15 bits per heavy atom. The Morgan fingerprint density at radius 1 is 1.38 bits per heavy atom. The van der Waals surface area contributed by atoms with Gasteiger partial charge in [-0.05, 0) is 31.4 Å². The number of pyridine rings is 1. The maximum Gasteiger partial charge on any atom is 0.136 e. The second-order valence-corrected chi connectivity index (χ2v) is 3.96. The summed E-state index contributed by atoms with van der Waals surface area (Å²) in [6.07, 6.45) is 7.31. The van der Waals surface area contributed by atoms with Crippen molar-refractivity contribution < 1.29 is 4.74 Å². The highest BCUT2D eigenvalue weighted by Crippen LogP contribution is 2.54. The van der Waals surface area contributed by atoms with E-state index in [0.717, 1.165) is 12.1 Å². The zero-order valence-electron chi connectivity index (χ0n) is 7.57. The first-order chi connectivity index (χ1) is 6.42. The topological polar surface area (TPSA) is 25.4 Å². The molecule has 13 heavy (non-hydrogen) atoms. The summed E-state index contributed by atoms with van der Waals surface area (Å²) in [6.45, 7) is 0. The molecule has 1 aromatic rings.